The first-order valence-corrected chi connectivity index (χ1v) is 6.85. The molecule has 7 heteroatoms. The Kier molecular flexibility index (Phi) is 3.38. The first-order chi connectivity index (χ1) is 8.38. The molecule has 1 heterocycles. The standard InChI is InChI=1S/C11H13NO5S/c1-7-2-3-9(18(12,14)15)4-10(7)11(13)17-8-5-16-6-8/h2-4,8H,5-6H2,1H3,(H2,12,14,15). The highest BCUT2D eigenvalue weighted by molar-refractivity contribution is 7.89. The third kappa shape index (κ3) is 2.69. The van der Waals surface area contributed by atoms with Crippen molar-refractivity contribution >= 4 is 16.0 Å². The summed E-state index contributed by atoms with van der Waals surface area (Å²) in [4.78, 5) is 11.7. The molecule has 0 aliphatic carbocycles. The van der Waals surface area contributed by atoms with Crippen LogP contribution in [-0.2, 0) is 19.5 Å². The first-order valence-electron chi connectivity index (χ1n) is 5.30. The number of hydrogen-bond acceptors (Lipinski definition) is 5. The molecule has 98 valence electrons. The third-order valence-electron chi connectivity index (χ3n) is 2.64. The van der Waals surface area contributed by atoms with Gasteiger partial charge in [0.2, 0.25) is 10.0 Å². The number of esters is 1. The zero-order valence-corrected chi connectivity index (χ0v) is 10.6. The van der Waals surface area contributed by atoms with Crippen LogP contribution in [0.5, 0.6) is 0 Å². The van der Waals surface area contributed by atoms with E-state index >= 15 is 0 Å². The Morgan fingerprint density at radius 1 is 1.44 bits per heavy atom. The fourth-order valence-electron chi connectivity index (χ4n) is 1.49. The maximum absolute atomic E-state index is 11.8. The molecule has 0 aromatic heterocycles. The second kappa shape index (κ2) is 4.68. The monoisotopic (exact) mass is 271 g/mol. The molecular weight excluding hydrogens is 258 g/mol. The van der Waals surface area contributed by atoms with Gasteiger partial charge in [0, 0.05) is 0 Å². The van der Waals surface area contributed by atoms with Gasteiger partial charge in [-0.2, -0.15) is 0 Å². The Morgan fingerprint density at radius 2 is 2.11 bits per heavy atom. The zero-order valence-electron chi connectivity index (χ0n) is 9.75. The first kappa shape index (κ1) is 13.0. The summed E-state index contributed by atoms with van der Waals surface area (Å²) >= 11 is 0. The average Bonchev–Trinajstić information content (AvgIpc) is 2.22. The van der Waals surface area contributed by atoms with Crippen molar-refractivity contribution in [3.8, 4) is 0 Å². The summed E-state index contributed by atoms with van der Waals surface area (Å²) in [7, 11) is -3.83. The lowest BCUT2D eigenvalue weighted by molar-refractivity contribution is -0.103. The zero-order chi connectivity index (χ0) is 13.3. The number of primary sulfonamides is 1. The second-order valence-corrected chi connectivity index (χ2v) is 5.65. The summed E-state index contributed by atoms with van der Waals surface area (Å²) in [6.07, 6.45) is -0.255. The van der Waals surface area contributed by atoms with Gasteiger partial charge in [0.1, 0.15) is 6.10 Å². The molecular formula is C11H13NO5S. The van der Waals surface area contributed by atoms with E-state index in [1.165, 1.54) is 18.2 Å². The highest BCUT2D eigenvalue weighted by Gasteiger charge is 2.24. The molecule has 0 unspecified atom stereocenters. The van der Waals surface area contributed by atoms with Crippen LogP contribution < -0.4 is 5.14 Å². The number of carbonyl (C=O) groups is 1. The molecule has 1 aliphatic rings. The molecule has 0 atom stereocenters. The number of sulfonamides is 1. The Balaban J connectivity index is 2.28. The van der Waals surface area contributed by atoms with Crippen molar-refractivity contribution in [2.45, 2.75) is 17.9 Å². The molecule has 1 fully saturated rings. The van der Waals surface area contributed by atoms with Gasteiger partial charge in [-0.25, -0.2) is 18.4 Å². The molecule has 0 radical (unpaired) electrons. The van der Waals surface area contributed by atoms with Crippen LogP contribution in [0.2, 0.25) is 0 Å². The van der Waals surface area contributed by atoms with Crippen molar-refractivity contribution < 1.29 is 22.7 Å². The molecule has 1 aromatic rings. The van der Waals surface area contributed by atoms with Crippen molar-refractivity contribution in [2.24, 2.45) is 5.14 Å². The number of carbonyl (C=O) groups excluding carboxylic acids is 1. The minimum atomic E-state index is -3.83. The summed E-state index contributed by atoms with van der Waals surface area (Å²) in [5.41, 5.74) is 0.834. The maximum atomic E-state index is 11.8. The van der Waals surface area contributed by atoms with Gasteiger partial charge in [-0.15, -0.1) is 0 Å². The SMILES string of the molecule is Cc1ccc(S(N)(=O)=O)cc1C(=O)OC1COC1. The quantitative estimate of drug-likeness (QED) is 0.792. The van der Waals surface area contributed by atoms with Crippen LogP contribution in [0.4, 0.5) is 0 Å². The molecule has 0 amide bonds. The fraction of sp³-hybridized carbons (Fsp3) is 0.364. The summed E-state index contributed by atoms with van der Waals surface area (Å²) < 4.78 is 32.4. The third-order valence-corrected chi connectivity index (χ3v) is 3.55. The van der Waals surface area contributed by atoms with Gasteiger partial charge in [0.05, 0.1) is 23.7 Å². The van der Waals surface area contributed by atoms with E-state index in [2.05, 4.69) is 0 Å². The van der Waals surface area contributed by atoms with E-state index in [-0.39, 0.29) is 16.6 Å². The second-order valence-electron chi connectivity index (χ2n) is 4.09. The van der Waals surface area contributed by atoms with E-state index in [1.807, 2.05) is 0 Å². The Bertz CT molecular complexity index is 577. The van der Waals surface area contributed by atoms with Crippen LogP contribution in [0.25, 0.3) is 0 Å². The molecule has 0 spiro atoms. The van der Waals surface area contributed by atoms with Crippen molar-refractivity contribution in [2.75, 3.05) is 13.2 Å². The van der Waals surface area contributed by atoms with Gasteiger partial charge < -0.3 is 9.47 Å². The molecule has 1 aromatic carbocycles. The van der Waals surface area contributed by atoms with E-state index in [0.29, 0.717) is 18.8 Å². The molecule has 2 N–H and O–H groups in total. The molecule has 0 bridgehead atoms. The maximum Gasteiger partial charge on any atom is 0.338 e. The van der Waals surface area contributed by atoms with Crippen LogP contribution in [0.3, 0.4) is 0 Å². The van der Waals surface area contributed by atoms with Crippen molar-refractivity contribution in [1.29, 1.82) is 0 Å². The highest BCUT2D eigenvalue weighted by Crippen LogP contribution is 2.17. The molecule has 2 rings (SSSR count). The molecule has 1 aliphatic heterocycles. The Labute approximate surface area is 105 Å². The molecule has 6 nitrogen and oxygen atoms in total. The molecule has 1 saturated heterocycles. The minimum absolute atomic E-state index is 0.107. The summed E-state index contributed by atoms with van der Waals surface area (Å²) in [5.74, 6) is -0.564. The van der Waals surface area contributed by atoms with Crippen molar-refractivity contribution in [3.63, 3.8) is 0 Å². The Morgan fingerprint density at radius 3 is 2.61 bits per heavy atom. The van der Waals surface area contributed by atoms with Gasteiger partial charge in [-0.1, -0.05) is 6.07 Å². The minimum Gasteiger partial charge on any atom is -0.454 e. The summed E-state index contributed by atoms with van der Waals surface area (Å²) in [5, 5.41) is 5.01. The lowest BCUT2D eigenvalue weighted by atomic mass is 10.1. The van der Waals surface area contributed by atoms with Crippen LogP contribution in [0.1, 0.15) is 15.9 Å². The number of nitrogens with two attached hydrogens (primary N) is 1. The van der Waals surface area contributed by atoms with E-state index in [4.69, 9.17) is 14.6 Å². The lowest BCUT2D eigenvalue weighted by Gasteiger charge is -2.25. The van der Waals surface area contributed by atoms with Crippen LogP contribution >= 0.6 is 0 Å². The van der Waals surface area contributed by atoms with Crippen LogP contribution in [-0.4, -0.2) is 33.7 Å². The van der Waals surface area contributed by atoms with E-state index < -0.39 is 16.0 Å². The topological polar surface area (TPSA) is 95.7 Å². The van der Waals surface area contributed by atoms with E-state index in [1.54, 1.807) is 6.92 Å². The van der Waals surface area contributed by atoms with Gasteiger partial charge in [-0.05, 0) is 24.6 Å². The van der Waals surface area contributed by atoms with Gasteiger partial charge in [0.25, 0.3) is 0 Å². The van der Waals surface area contributed by atoms with Crippen molar-refractivity contribution in [3.05, 3.63) is 29.3 Å². The number of hydrogen-bond donors (Lipinski definition) is 1. The number of rotatable bonds is 3. The normalized spacial score (nSPS) is 16.1. The number of ether oxygens (including phenoxy) is 2. The summed E-state index contributed by atoms with van der Waals surface area (Å²) in [6, 6.07) is 4.11. The highest BCUT2D eigenvalue weighted by atomic mass is 32.2. The summed E-state index contributed by atoms with van der Waals surface area (Å²) in [6.45, 7) is 2.44. The number of benzene rings is 1. The Hall–Kier alpha value is -1.44. The fourth-order valence-corrected chi connectivity index (χ4v) is 2.03. The van der Waals surface area contributed by atoms with E-state index in [9.17, 15) is 13.2 Å². The van der Waals surface area contributed by atoms with Crippen LogP contribution in [0, 0.1) is 6.92 Å². The van der Waals surface area contributed by atoms with Gasteiger partial charge in [0.15, 0.2) is 0 Å². The number of aryl methyl sites for hydroxylation is 1. The van der Waals surface area contributed by atoms with E-state index in [0.717, 1.165) is 0 Å². The largest absolute Gasteiger partial charge is 0.454 e. The van der Waals surface area contributed by atoms with Crippen LogP contribution in [0.15, 0.2) is 23.1 Å². The van der Waals surface area contributed by atoms with Crippen molar-refractivity contribution in [1.82, 2.24) is 0 Å². The molecule has 18 heavy (non-hydrogen) atoms. The van der Waals surface area contributed by atoms with Gasteiger partial charge >= 0.3 is 5.97 Å². The predicted octanol–water partition coefficient (Wildman–Crippen LogP) is 0.198. The van der Waals surface area contributed by atoms with Gasteiger partial charge in [-0.3, -0.25) is 0 Å². The molecule has 0 saturated carbocycles. The smallest absolute Gasteiger partial charge is 0.338 e. The average molecular weight is 271 g/mol. The predicted molar refractivity (Wildman–Crippen MR) is 62.6 cm³/mol. The lowest BCUT2D eigenvalue weighted by Crippen LogP contribution is -2.38.